The molecule has 0 unspecified atom stereocenters. The Hall–Kier alpha value is -3.19. The second kappa shape index (κ2) is 8.74. The zero-order valence-corrected chi connectivity index (χ0v) is 18.1. The second-order valence-electron chi connectivity index (χ2n) is 8.65. The minimum absolute atomic E-state index is 0.0167. The summed E-state index contributed by atoms with van der Waals surface area (Å²) in [5.74, 6) is 0.501. The van der Waals surface area contributed by atoms with Crippen molar-refractivity contribution < 1.29 is 18.7 Å². The minimum Gasteiger partial charge on any atom is -0.436 e. The van der Waals surface area contributed by atoms with Gasteiger partial charge in [-0.05, 0) is 68.5 Å². The van der Waals surface area contributed by atoms with E-state index in [4.69, 9.17) is 9.15 Å². The van der Waals surface area contributed by atoms with Gasteiger partial charge in [0.05, 0.1) is 0 Å². The van der Waals surface area contributed by atoms with Crippen LogP contribution in [0.25, 0.3) is 22.6 Å². The van der Waals surface area contributed by atoms with Crippen molar-refractivity contribution in [2.24, 2.45) is 0 Å². The fourth-order valence-corrected chi connectivity index (χ4v) is 4.64. The van der Waals surface area contributed by atoms with E-state index >= 15 is 0 Å². The molecule has 7 heteroatoms. The van der Waals surface area contributed by atoms with Crippen molar-refractivity contribution in [3.8, 4) is 11.5 Å². The third-order valence-electron chi connectivity index (χ3n) is 6.51. The molecule has 1 saturated carbocycles. The average Bonchev–Trinajstić information content (AvgIpc) is 3.58. The molecular formula is C25H27N3O4. The second-order valence-corrected chi connectivity index (χ2v) is 8.65. The standard InChI is InChI=1S/C25H27N3O4/c1-28(19-13-12-18(15-19)26-23(29)22-7-4-14-31-22)25(30)17-10-8-16(9-11-17)24-27-20-5-2-3-6-21(20)32-24/h2-3,5-6,8-11,18-19,22H,4,7,12-15H2,1H3,(H,26,29)/t18-,19+,22+/m0/s1. The SMILES string of the molecule is CN(C(=O)c1ccc(-c2nc3ccccc3o2)cc1)[C@@H]1CC[C@H](NC(=O)[C@H]2CCCO2)C1. The monoisotopic (exact) mass is 433 g/mol. The van der Waals surface area contributed by atoms with Gasteiger partial charge in [0.2, 0.25) is 11.8 Å². The number of fused-ring (bicyclic) bond motifs is 1. The lowest BCUT2D eigenvalue weighted by Gasteiger charge is -2.25. The highest BCUT2D eigenvalue weighted by Crippen LogP contribution is 2.27. The van der Waals surface area contributed by atoms with Crippen LogP contribution in [-0.4, -0.2) is 53.5 Å². The Bertz CT molecular complexity index is 1080. The summed E-state index contributed by atoms with van der Waals surface area (Å²) in [6.45, 7) is 0.661. The lowest BCUT2D eigenvalue weighted by molar-refractivity contribution is -0.130. The van der Waals surface area contributed by atoms with Gasteiger partial charge in [-0.1, -0.05) is 12.1 Å². The number of nitrogens with one attached hydrogen (secondary N) is 1. The van der Waals surface area contributed by atoms with E-state index in [-0.39, 0.29) is 30.0 Å². The van der Waals surface area contributed by atoms with E-state index in [2.05, 4.69) is 10.3 Å². The van der Waals surface area contributed by atoms with Crippen LogP contribution in [-0.2, 0) is 9.53 Å². The number of benzene rings is 2. The van der Waals surface area contributed by atoms with Gasteiger partial charge in [0.15, 0.2) is 5.58 Å². The Labute approximate surface area is 186 Å². The maximum atomic E-state index is 13.0. The molecule has 1 aromatic heterocycles. The number of para-hydroxylation sites is 2. The Kier molecular flexibility index (Phi) is 5.66. The van der Waals surface area contributed by atoms with Crippen molar-refractivity contribution in [2.75, 3.05) is 13.7 Å². The minimum atomic E-state index is -0.312. The van der Waals surface area contributed by atoms with E-state index in [1.165, 1.54) is 0 Å². The molecule has 2 aliphatic rings. The van der Waals surface area contributed by atoms with Crippen LogP contribution in [0.4, 0.5) is 0 Å². The van der Waals surface area contributed by atoms with E-state index in [0.29, 0.717) is 18.1 Å². The zero-order chi connectivity index (χ0) is 22.1. The van der Waals surface area contributed by atoms with Gasteiger partial charge in [-0.25, -0.2) is 4.98 Å². The number of amides is 2. The maximum absolute atomic E-state index is 13.0. The van der Waals surface area contributed by atoms with Gasteiger partial charge >= 0.3 is 0 Å². The first-order chi connectivity index (χ1) is 15.6. The van der Waals surface area contributed by atoms with Crippen LogP contribution in [0.5, 0.6) is 0 Å². The summed E-state index contributed by atoms with van der Waals surface area (Å²) in [5, 5.41) is 3.10. The molecule has 2 amide bonds. The number of ether oxygens (including phenoxy) is 1. The van der Waals surface area contributed by atoms with Crippen molar-refractivity contribution in [3.05, 3.63) is 54.1 Å². The number of nitrogens with zero attached hydrogens (tertiary/aromatic N) is 2. The first-order valence-corrected chi connectivity index (χ1v) is 11.2. The molecular weight excluding hydrogens is 406 g/mol. The number of carbonyl (C=O) groups excluding carboxylic acids is 2. The van der Waals surface area contributed by atoms with Gasteiger partial charge < -0.3 is 19.4 Å². The molecule has 2 fully saturated rings. The highest BCUT2D eigenvalue weighted by molar-refractivity contribution is 5.94. The largest absolute Gasteiger partial charge is 0.436 e. The van der Waals surface area contributed by atoms with E-state index in [9.17, 15) is 9.59 Å². The number of hydrogen-bond acceptors (Lipinski definition) is 5. The number of oxazole rings is 1. The number of rotatable bonds is 5. The van der Waals surface area contributed by atoms with Crippen molar-refractivity contribution in [3.63, 3.8) is 0 Å². The van der Waals surface area contributed by atoms with Crippen LogP contribution in [0.2, 0.25) is 0 Å². The summed E-state index contributed by atoms with van der Waals surface area (Å²) in [5.41, 5.74) is 3.01. The molecule has 1 N–H and O–H groups in total. The number of hydrogen-bond donors (Lipinski definition) is 1. The number of carbonyl (C=O) groups is 2. The summed E-state index contributed by atoms with van der Waals surface area (Å²) in [4.78, 5) is 31.7. The predicted molar refractivity (Wildman–Crippen MR) is 120 cm³/mol. The first kappa shape index (κ1) is 20.7. The molecule has 0 spiro atoms. The van der Waals surface area contributed by atoms with Crippen molar-refractivity contribution in [2.45, 2.75) is 50.3 Å². The summed E-state index contributed by atoms with van der Waals surface area (Å²) in [6.07, 6.45) is 3.93. The molecule has 3 atom stereocenters. The lowest BCUT2D eigenvalue weighted by atomic mass is 10.1. The molecule has 32 heavy (non-hydrogen) atoms. The van der Waals surface area contributed by atoms with Crippen molar-refractivity contribution in [1.82, 2.24) is 15.2 Å². The smallest absolute Gasteiger partial charge is 0.253 e. The van der Waals surface area contributed by atoms with Crippen LogP contribution in [0.3, 0.4) is 0 Å². The van der Waals surface area contributed by atoms with Crippen molar-refractivity contribution >= 4 is 22.9 Å². The fourth-order valence-electron chi connectivity index (χ4n) is 4.64. The highest BCUT2D eigenvalue weighted by Gasteiger charge is 2.33. The molecule has 166 valence electrons. The summed E-state index contributed by atoms with van der Waals surface area (Å²) in [7, 11) is 1.84. The maximum Gasteiger partial charge on any atom is 0.253 e. The van der Waals surface area contributed by atoms with Gasteiger partial charge in [0.25, 0.3) is 5.91 Å². The molecule has 0 radical (unpaired) electrons. The van der Waals surface area contributed by atoms with Crippen LogP contribution < -0.4 is 5.32 Å². The summed E-state index contributed by atoms with van der Waals surface area (Å²) in [6, 6.07) is 15.2. The Morgan fingerprint density at radius 2 is 1.88 bits per heavy atom. The molecule has 7 nitrogen and oxygen atoms in total. The van der Waals surface area contributed by atoms with Gasteiger partial charge in [-0.3, -0.25) is 9.59 Å². The van der Waals surface area contributed by atoms with E-state index < -0.39 is 0 Å². The molecule has 5 rings (SSSR count). The Balaban J connectivity index is 1.20. The van der Waals surface area contributed by atoms with Crippen LogP contribution >= 0.6 is 0 Å². The lowest BCUT2D eigenvalue weighted by Crippen LogP contribution is -2.41. The average molecular weight is 434 g/mol. The number of aromatic nitrogens is 1. The van der Waals surface area contributed by atoms with Gasteiger partial charge in [0, 0.05) is 36.9 Å². The van der Waals surface area contributed by atoms with E-state index in [0.717, 1.165) is 48.8 Å². The van der Waals surface area contributed by atoms with Crippen molar-refractivity contribution in [1.29, 1.82) is 0 Å². The fraction of sp³-hybridized carbons (Fsp3) is 0.400. The molecule has 2 aromatic carbocycles. The normalized spacial score (nSPS) is 22.8. The molecule has 1 aliphatic heterocycles. The van der Waals surface area contributed by atoms with Gasteiger partial charge in [-0.15, -0.1) is 0 Å². The zero-order valence-electron chi connectivity index (χ0n) is 18.1. The third kappa shape index (κ3) is 4.12. The van der Waals surface area contributed by atoms with Crippen LogP contribution in [0.15, 0.2) is 52.9 Å². The Morgan fingerprint density at radius 3 is 2.62 bits per heavy atom. The van der Waals surface area contributed by atoms with E-state index in [1.54, 1.807) is 4.90 Å². The van der Waals surface area contributed by atoms with Crippen LogP contribution in [0, 0.1) is 0 Å². The third-order valence-corrected chi connectivity index (χ3v) is 6.51. The molecule has 2 heterocycles. The van der Waals surface area contributed by atoms with Gasteiger partial charge in [-0.2, -0.15) is 0 Å². The van der Waals surface area contributed by atoms with E-state index in [1.807, 2.05) is 55.6 Å². The topological polar surface area (TPSA) is 84.7 Å². The molecule has 0 bridgehead atoms. The van der Waals surface area contributed by atoms with Crippen LogP contribution in [0.1, 0.15) is 42.5 Å². The molecule has 1 saturated heterocycles. The summed E-state index contributed by atoms with van der Waals surface area (Å²) < 4.78 is 11.3. The quantitative estimate of drug-likeness (QED) is 0.662. The van der Waals surface area contributed by atoms with Gasteiger partial charge in [0.1, 0.15) is 11.6 Å². The molecule has 1 aliphatic carbocycles. The predicted octanol–water partition coefficient (Wildman–Crippen LogP) is 3.78. The molecule has 3 aromatic rings. The summed E-state index contributed by atoms with van der Waals surface area (Å²) >= 11 is 0. The highest BCUT2D eigenvalue weighted by atomic mass is 16.5. The Morgan fingerprint density at radius 1 is 1.06 bits per heavy atom. The first-order valence-electron chi connectivity index (χ1n) is 11.2.